The van der Waals surface area contributed by atoms with Gasteiger partial charge >= 0.3 is 0 Å². The number of rotatable bonds is 2. The zero-order chi connectivity index (χ0) is 12.6. The maximum absolute atomic E-state index is 13.1. The molecule has 2 aromatic rings. The zero-order valence-corrected chi connectivity index (χ0v) is 11.3. The van der Waals surface area contributed by atoms with Crippen molar-refractivity contribution in [2.45, 2.75) is 5.38 Å². The summed E-state index contributed by atoms with van der Waals surface area (Å²) in [5.41, 5.74) is 1.02. The molecule has 0 fully saturated rings. The van der Waals surface area contributed by atoms with Crippen LogP contribution in [0.25, 0.3) is 0 Å². The fraction of sp³-hybridized carbons (Fsp3) is 0.0909. The van der Waals surface area contributed by atoms with Crippen molar-refractivity contribution < 1.29 is 8.78 Å². The molecule has 1 heterocycles. The van der Waals surface area contributed by atoms with Crippen LogP contribution in [0.15, 0.2) is 24.3 Å². The Labute approximate surface area is 116 Å². The van der Waals surface area contributed by atoms with Crippen molar-refractivity contribution in [3.63, 3.8) is 0 Å². The van der Waals surface area contributed by atoms with Crippen molar-refractivity contribution in [1.82, 2.24) is 0 Å². The largest absolute Gasteiger partial charge is 0.204 e. The molecule has 0 radical (unpaired) electrons. The van der Waals surface area contributed by atoms with Crippen LogP contribution in [0.4, 0.5) is 8.78 Å². The summed E-state index contributed by atoms with van der Waals surface area (Å²) in [4.78, 5) is 0. The van der Waals surface area contributed by atoms with Crippen LogP contribution in [-0.4, -0.2) is 0 Å². The first kappa shape index (κ1) is 13.1. The van der Waals surface area contributed by atoms with Crippen molar-refractivity contribution in [1.29, 1.82) is 0 Å². The van der Waals surface area contributed by atoms with Gasteiger partial charge in [-0.05, 0) is 23.8 Å². The number of alkyl halides is 1. The lowest BCUT2D eigenvalue weighted by atomic mass is 10.1. The first-order valence-electron chi connectivity index (χ1n) is 4.53. The van der Waals surface area contributed by atoms with E-state index in [2.05, 4.69) is 0 Å². The van der Waals surface area contributed by atoms with Gasteiger partial charge in [-0.1, -0.05) is 29.3 Å². The molecule has 1 unspecified atom stereocenters. The highest BCUT2D eigenvalue weighted by Gasteiger charge is 2.18. The molecule has 0 saturated heterocycles. The van der Waals surface area contributed by atoms with Crippen LogP contribution >= 0.6 is 46.1 Å². The van der Waals surface area contributed by atoms with Crippen molar-refractivity contribution >= 4 is 46.1 Å². The summed E-state index contributed by atoms with van der Waals surface area (Å²) in [6.45, 7) is 0. The second-order valence-corrected chi connectivity index (χ2v) is 6.04. The summed E-state index contributed by atoms with van der Waals surface area (Å²) < 4.78 is 26.8. The summed E-state index contributed by atoms with van der Waals surface area (Å²) in [6.07, 6.45) is 0. The Kier molecular flexibility index (Phi) is 3.93. The number of hydrogen-bond donors (Lipinski definition) is 0. The first-order chi connectivity index (χ1) is 7.99. The maximum Gasteiger partial charge on any atom is 0.159 e. The molecule has 0 aliphatic rings. The summed E-state index contributed by atoms with van der Waals surface area (Å²) >= 11 is 19.1. The smallest absolute Gasteiger partial charge is 0.159 e. The van der Waals surface area contributed by atoms with Crippen molar-refractivity contribution in [3.05, 3.63) is 55.7 Å². The third kappa shape index (κ3) is 2.74. The topological polar surface area (TPSA) is 0 Å². The molecule has 90 valence electrons. The zero-order valence-electron chi connectivity index (χ0n) is 8.18. The Morgan fingerprint density at radius 2 is 1.76 bits per heavy atom. The van der Waals surface area contributed by atoms with Crippen LogP contribution in [-0.2, 0) is 0 Å². The number of thiophene rings is 1. The number of benzene rings is 1. The molecule has 17 heavy (non-hydrogen) atoms. The Hall–Kier alpha value is -0.350. The van der Waals surface area contributed by atoms with E-state index in [4.69, 9.17) is 34.8 Å². The lowest BCUT2D eigenvalue weighted by molar-refractivity contribution is 0.507. The van der Waals surface area contributed by atoms with Crippen LogP contribution < -0.4 is 0 Å². The molecule has 2 rings (SSSR count). The average Bonchev–Trinajstić information content (AvgIpc) is 2.61. The van der Waals surface area contributed by atoms with Gasteiger partial charge in [-0.2, -0.15) is 0 Å². The predicted molar refractivity (Wildman–Crippen MR) is 68.4 cm³/mol. The summed E-state index contributed by atoms with van der Waals surface area (Å²) in [7, 11) is 0. The van der Waals surface area contributed by atoms with E-state index in [1.54, 1.807) is 6.07 Å². The minimum Gasteiger partial charge on any atom is -0.204 e. The van der Waals surface area contributed by atoms with E-state index < -0.39 is 17.0 Å². The average molecular weight is 314 g/mol. The molecule has 1 atom stereocenters. The molecular formula is C11H5Cl3F2S. The van der Waals surface area contributed by atoms with E-state index in [-0.39, 0.29) is 0 Å². The van der Waals surface area contributed by atoms with Gasteiger partial charge in [0.25, 0.3) is 0 Å². The second-order valence-electron chi connectivity index (χ2n) is 3.32. The van der Waals surface area contributed by atoms with Gasteiger partial charge in [0.05, 0.1) is 14.0 Å². The Bertz CT molecular complexity index is 554. The third-order valence-corrected chi connectivity index (χ3v) is 4.20. The van der Waals surface area contributed by atoms with Gasteiger partial charge in [-0.15, -0.1) is 22.9 Å². The van der Waals surface area contributed by atoms with Crippen LogP contribution in [0, 0.1) is 11.6 Å². The first-order valence-corrected chi connectivity index (χ1v) is 6.53. The molecule has 0 spiro atoms. The van der Waals surface area contributed by atoms with Gasteiger partial charge in [0.2, 0.25) is 0 Å². The quantitative estimate of drug-likeness (QED) is 0.627. The number of hydrogen-bond acceptors (Lipinski definition) is 1. The number of halogens is 5. The molecule has 0 saturated carbocycles. The fourth-order valence-electron chi connectivity index (χ4n) is 1.38. The third-order valence-electron chi connectivity index (χ3n) is 2.19. The van der Waals surface area contributed by atoms with Crippen LogP contribution in [0.2, 0.25) is 8.67 Å². The Morgan fingerprint density at radius 1 is 1.06 bits per heavy atom. The molecule has 6 heteroatoms. The lowest BCUT2D eigenvalue weighted by Gasteiger charge is -2.09. The van der Waals surface area contributed by atoms with Gasteiger partial charge in [0.1, 0.15) is 0 Å². The maximum atomic E-state index is 13.1. The van der Waals surface area contributed by atoms with Gasteiger partial charge in [-0.3, -0.25) is 0 Å². The van der Waals surface area contributed by atoms with E-state index in [1.165, 1.54) is 17.4 Å². The lowest BCUT2D eigenvalue weighted by Crippen LogP contribution is -1.94. The van der Waals surface area contributed by atoms with Gasteiger partial charge in [0.15, 0.2) is 11.6 Å². The van der Waals surface area contributed by atoms with E-state index in [0.29, 0.717) is 19.8 Å². The van der Waals surface area contributed by atoms with E-state index >= 15 is 0 Å². The second kappa shape index (κ2) is 5.11. The van der Waals surface area contributed by atoms with E-state index in [0.717, 1.165) is 12.1 Å². The molecular weight excluding hydrogens is 309 g/mol. The monoisotopic (exact) mass is 312 g/mol. The molecule has 0 amide bonds. The molecule has 1 aromatic heterocycles. The van der Waals surface area contributed by atoms with Crippen LogP contribution in [0.5, 0.6) is 0 Å². The van der Waals surface area contributed by atoms with Gasteiger partial charge < -0.3 is 0 Å². The van der Waals surface area contributed by atoms with Crippen molar-refractivity contribution in [2.75, 3.05) is 0 Å². The minimum absolute atomic E-state index is 0.432. The molecule has 0 aliphatic carbocycles. The highest BCUT2D eigenvalue weighted by atomic mass is 35.5. The fourth-order valence-corrected chi connectivity index (χ4v) is 3.34. The predicted octanol–water partition coefficient (Wildman–Crippen LogP) is 5.66. The highest BCUT2D eigenvalue weighted by molar-refractivity contribution is 7.20. The summed E-state index contributed by atoms with van der Waals surface area (Å²) in [5.74, 6) is -1.85. The summed E-state index contributed by atoms with van der Waals surface area (Å²) in [6, 6.07) is 5.11. The summed E-state index contributed by atoms with van der Waals surface area (Å²) in [5, 5.41) is -0.652. The molecule has 0 aliphatic heterocycles. The van der Waals surface area contributed by atoms with Crippen molar-refractivity contribution in [2.24, 2.45) is 0 Å². The Balaban J connectivity index is 2.40. The molecule has 0 N–H and O–H groups in total. The van der Waals surface area contributed by atoms with Crippen molar-refractivity contribution in [3.8, 4) is 0 Å². The van der Waals surface area contributed by atoms with Gasteiger partial charge in [0, 0.05) is 5.56 Å². The SMILES string of the molecule is Fc1ccc(C(Cl)c2cc(Cl)sc2Cl)cc1F. The Morgan fingerprint density at radius 3 is 2.29 bits per heavy atom. The minimum atomic E-state index is -0.939. The molecule has 1 aromatic carbocycles. The van der Waals surface area contributed by atoms with Crippen LogP contribution in [0.3, 0.4) is 0 Å². The molecule has 0 nitrogen and oxygen atoms in total. The van der Waals surface area contributed by atoms with Crippen LogP contribution in [0.1, 0.15) is 16.5 Å². The highest BCUT2D eigenvalue weighted by Crippen LogP contribution is 2.40. The molecule has 0 bridgehead atoms. The normalized spacial score (nSPS) is 12.8. The van der Waals surface area contributed by atoms with Gasteiger partial charge in [-0.25, -0.2) is 8.78 Å². The van der Waals surface area contributed by atoms with E-state index in [9.17, 15) is 8.78 Å². The van der Waals surface area contributed by atoms with E-state index in [1.807, 2.05) is 0 Å². The standard InChI is InChI=1S/C11H5Cl3F2S/c12-9-4-6(11(14)17-9)10(13)5-1-2-7(15)8(16)3-5/h1-4,10H.